The fraction of sp³-hybridized carbons (Fsp3) is 0.529. The number of carbonyl (C=O) groups excluding carboxylic acids is 1. The van der Waals surface area contributed by atoms with E-state index in [2.05, 4.69) is 21.3 Å². The molecular formula is C17H19N5OS. The number of aromatic nitrogens is 2. The van der Waals surface area contributed by atoms with Crippen molar-refractivity contribution in [1.82, 2.24) is 9.97 Å². The van der Waals surface area contributed by atoms with Crippen LogP contribution in [0.2, 0.25) is 0 Å². The van der Waals surface area contributed by atoms with Gasteiger partial charge in [-0.2, -0.15) is 5.26 Å². The summed E-state index contributed by atoms with van der Waals surface area (Å²) in [4.78, 5) is 23.4. The number of amides is 1. The Balaban J connectivity index is 1.58. The van der Waals surface area contributed by atoms with E-state index < -0.39 is 0 Å². The highest BCUT2D eigenvalue weighted by molar-refractivity contribution is 7.22. The number of hydrogen-bond donors (Lipinski definition) is 1. The van der Waals surface area contributed by atoms with Gasteiger partial charge in [-0.25, -0.2) is 9.97 Å². The van der Waals surface area contributed by atoms with Gasteiger partial charge in [-0.15, -0.1) is 0 Å². The zero-order valence-corrected chi connectivity index (χ0v) is 14.2. The Morgan fingerprint density at radius 2 is 2.33 bits per heavy atom. The first-order valence-electron chi connectivity index (χ1n) is 8.43. The summed E-state index contributed by atoms with van der Waals surface area (Å²) in [6.07, 6.45) is 6.45. The summed E-state index contributed by atoms with van der Waals surface area (Å²) in [6.45, 7) is 1.85. The number of carbonyl (C=O) groups is 1. The van der Waals surface area contributed by atoms with Crippen molar-refractivity contribution in [3.8, 4) is 6.07 Å². The maximum absolute atomic E-state index is 12.0. The van der Waals surface area contributed by atoms with Crippen LogP contribution in [0.15, 0.2) is 12.3 Å². The van der Waals surface area contributed by atoms with Gasteiger partial charge in [-0.05, 0) is 37.7 Å². The minimum atomic E-state index is 0.0667. The lowest BCUT2D eigenvalue weighted by molar-refractivity contribution is -0.117. The van der Waals surface area contributed by atoms with Crippen molar-refractivity contribution in [2.45, 2.75) is 32.1 Å². The van der Waals surface area contributed by atoms with E-state index in [-0.39, 0.29) is 11.8 Å². The average molecular weight is 341 g/mol. The first kappa shape index (κ1) is 15.3. The predicted octanol–water partition coefficient (Wildman–Crippen LogP) is 3.17. The molecule has 2 aliphatic rings. The van der Waals surface area contributed by atoms with Gasteiger partial charge in [-0.3, -0.25) is 4.79 Å². The van der Waals surface area contributed by atoms with Gasteiger partial charge in [0.2, 0.25) is 5.91 Å². The molecule has 24 heavy (non-hydrogen) atoms. The summed E-state index contributed by atoms with van der Waals surface area (Å²) in [5.74, 6) is 1.27. The highest BCUT2D eigenvalue weighted by Crippen LogP contribution is 2.36. The van der Waals surface area contributed by atoms with Gasteiger partial charge in [0, 0.05) is 31.6 Å². The van der Waals surface area contributed by atoms with Crippen molar-refractivity contribution in [2.24, 2.45) is 11.8 Å². The third-order valence-electron chi connectivity index (χ3n) is 4.65. The van der Waals surface area contributed by atoms with Crippen molar-refractivity contribution in [3.05, 3.63) is 12.3 Å². The Bertz CT molecular complexity index is 807. The molecule has 0 radical (unpaired) electrons. The molecule has 1 aliphatic heterocycles. The minimum absolute atomic E-state index is 0.0667. The Morgan fingerprint density at radius 1 is 1.46 bits per heavy atom. The predicted molar refractivity (Wildman–Crippen MR) is 93.9 cm³/mol. The number of fused-ring (bicyclic) bond motifs is 1. The van der Waals surface area contributed by atoms with Gasteiger partial charge in [-0.1, -0.05) is 11.3 Å². The van der Waals surface area contributed by atoms with E-state index >= 15 is 0 Å². The normalized spacial score (nSPS) is 20.8. The molecule has 1 N–H and O–H groups in total. The standard InChI is InChI=1S/C17H19N5OS/c18-7-5-11-2-1-9-22(10-11)17-20-13-6-8-19-15(14(13)24-17)21-16(23)12-3-4-12/h6,8,11-12H,1-5,9-10H2,(H,19,21,23)/t11-/m0/s1. The molecule has 1 saturated heterocycles. The molecular weight excluding hydrogens is 322 g/mol. The summed E-state index contributed by atoms with van der Waals surface area (Å²) < 4.78 is 0.934. The summed E-state index contributed by atoms with van der Waals surface area (Å²) in [5, 5.41) is 12.8. The van der Waals surface area contributed by atoms with Gasteiger partial charge in [0.15, 0.2) is 10.9 Å². The maximum Gasteiger partial charge on any atom is 0.228 e. The van der Waals surface area contributed by atoms with E-state index in [4.69, 9.17) is 10.2 Å². The topological polar surface area (TPSA) is 81.9 Å². The fourth-order valence-corrected chi connectivity index (χ4v) is 4.21. The fourth-order valence-electron chi connectivity index (χ4n) is 3.17. The zero-order chi connectivity index (χ0) is 16.5. The molecule has 6 nitrogen and oxygen atoms in total. The number of nitrogens with one attached hydrogen (secondary N) is 1. The van der Waals surface area contributed by atoms with Crippen LogP contribution in [-0.2, 0) is 4.79 Å². The number of pyridine rings is 1. The van der Waals surface area contributed by atoms with Crippen LogP contribution in [-0.4, -0.2) is 29.0 Å². The Labute approximate surface area is 144 Å². The van der Waals surface area contributed by atoms with Crippen LogP contribution in [0.25, 0.3) is 10.2 Å². The summed E-state index contributed by atoms with van der Waals surface area (Å²) in [6, 6.07) is 4.17. The summed E-state index contributed by atoms with van der Waals surface area (Å²) in [5.41, 5.74) is 0.874. The lowest BCUT2D eigenvalue weighted by atomic mass is 9.96. The first-order chi connectivity index (χ1) is 11.7. The molecule has 7 heteroatoms. The number of anilines is 2. The van der Waals surface area contributed by atoms with Gasteiger partial charge < -0.3 is 10.2 Å². The third kappa shape index (κ3) is 3.06. The van der Waals surface area contributed by atoms with E-state index in [1.54, 1.807) is 17.5 Å². The third-order valence-corrected chi connectivity index (χ3v) is 5.79. The van der Waals surface area contributed by atoms with Crippen LogP contribution in [0.1, 0.15) is 32.1 Å². The molecule has 2 aromatic rings. The molecule has 1 amide bonds. The maximum atomic E-state index is 12.0. The van der Waals surface area contributed by atoms with Gasteiger partial charge in [0.25, 0.3) is 0 Å². The van der Waals surface area contributed by atoms with Crippen molar-refractivity contribution in [2.75, 3.05) is 23.3 Å². The highest BCUT2D eigenvalue weighted by atomic mass is 32.1. The second-order valence-corrected chi connectivity index (χ2v) is 7.56. The lowest BCUT2D eigenvalue weighted by Gasteiger charge is -2.31. The molecule has 1 aliphatic carbocycles. The minimum Gasteiger partial charge on any atom is -0.348 e. The monoisotopic (exact) mass is 341 g/mol. The molecule has 0 aromatic carbocycles. The second kappa shape index (κ2) is 6.36. The molecule has 124 valence electrons. The van der Waals surface area contributed by atoms with Crippen LogP contribution in [0, 0.1) is 23.2 Å². The molecule has 0 spiro atoms. The molecule has 3 heterocycles. The van der Waals surface area contributed by atoms with Crippen molar-refractivity contribution < 1.29 is 4.79 Å². The number of piperidine rings is 1. The number of nitriles is 1. The largest absolute Gasteiger partial charge is 0.348 e. The average Bonchev–Trinajstić information content (AvgIpc) is 3.35. The number of hydrogen-bond acceptors (Lipinski definition) is 6. The molecule has 0 bridgehead atoms. The van der Waals surface area contributed by atoms with E-state index in [1.165, 1.54) is 0 Å². The van der Waals surface area contributed by atoms with Crippen molar-refractivity contribution in [3.63, 3.8) is 0 Å². The smallest absolute Gasteiger partial charge is 0.228 e. The van der Waals surface area contributed by atoms with Crippen LogP contribution in [0.4, 0.5) is 10.9 Å². The number of rotatable bonds is 4. The zero-order valence-electron chi connectivity index (χ0n) is 13.4. The number of nitrogens with zero attached hydrogens (tertiary/aromatic N) is 4. The van der Waals surface area contributed by atoms with E-state index in [0.717, 1.165) is 54.1 Å². The van der Waals surface area contributed by atoms with Gasteiger partial charge in [0.05, 0.1) is 16.3 Å². The first-order valence-corrected chi connectivity index (χ1v) is 9.24. The van der Waals surface area contributed by atoms with Gasteiger partial charge >= 0.3 is 0 Å². The quantitative estimate of drug-likeness (QED) is 0.923. The summed E-state index contributed by atoms with van der Waals surface area (Å²) in [7, 11) is 0. The van der Waals surface area contributed by atoms with E-state index in [1.807, 2.05) is 6.07 Å². The molecule has 0 unspecified atom stereocenters. The van der Waals surface area contributed by atoms with Gasteiger partial charge in [0.1, 0.15) is 0 Å². The molecule has 4 rings (SSSR count). The van der Waals surface area contributed by atoms with Crippen molar-refractivity contribution in [1.29, 1.82) is 5.26 Å². The van der Waals surface area contributed by atoms with Crippen LogP contribution in [0.3, 0.4) is 0 Å². The second-order valence-electron chi connectivity index (χ2n) is 6.58. The van der Waals surface area contributed by atoms with Crippen LogP contribution < -0.4 is 10.2 Å². The lowest BCUT2D eigenvalue weighted by Crippen LogP contribution is -2.35. The Kier molecular flexibility index (Phi) is 4.07. The van der Waals surface area contributed by atoms with Crippen LogP contribution >= 0.6 is 11.3 Å². The van der Waals surface area contributed by atoms with E-state index in [0.29, 0.717) is 18.2 Å². The SMILES string of the molecule is N#CC[C@@H]1CCCN(c2nc3ccnc(NC(=O)C4CC4)c3s2)C1. The van der Waals surface area contributed by atoms with Crippen molar-refractivity contribution >= 4 is 38.4 Å². The molecule has 2 aromatic heterocycles. The highest BCUT2D eigenvalue weighted by Gasteiger charge is 2.30. The van der Waals surface area contributed by atoms with E-state index in [9.17, 15) is 4.79 Å². The molecule has 1 atom stereocenters. The Hall–Kier alpha value is -2.20. The summed E-state index contributed by atoms with van der Waals surface area (Å²) >= 11 is 1.58. The van der Waals surface area contributed by atoms with Crippen LogP contribution in [0.5, 0.6) is 0 Å². The number of thiazole rings is 1. The molecule has 2 fully saturated rings. The molecule has 1 saturated carbocycles. The Morgan fingerprint density at radius 3 is 3.12 bits per heavy atom.